The summed E-state index contributed by atoms with van der Waals surface area (Å²) in [5.41, 5.74) is -0.922. The van der Waals surface area contributed by atoms with E-state index in [1.54, 1.807) is 0 Å². The number of aliphatic imine (C=N–C) groups is 1. The summed E-state index contributed by atoms with van der Waals surface area (Å²) in [6, 6.07) is 0.790. The Morgan fingerprint density at radius 2 is 2.07 bits per heavy atom. The van der Waals surface area contributed by atoms with Gasteiger partial charge in [-0.3, -0.25) is 4.99 Å². The van der Waals surface area contributed by atoms with Gasteiger partial charge in [-0.15, -0.1) is 0 Å². The molecule has 3 N–H and O–H groups in total. The number of hydrogen-bond donors (Lipinski definition) is 3. The summed E-state index contributed by atoms with van der Waals surface area (Å²) in [5, 5.41) is 15.1. The van der Waals surface area contributed by atoms with E-state index in [4.69, 9.17) is 21.4 Å². The van der Waals surface area contributed by atoms with E-state index < -0.39 is 11.7 Å². The Morgan fingerprint density at radius 1 is 1.32 bits per heavy atom. The Bertz CT molecular complexity index is 609. The molecule has 0 spiro atoms. The third-order valence-corrected chi connectivity index (χ3v) is 4.12. The number of aromatic nitrogens is 1. The van der Waals surface area contributed by atoms with Crippen LogP contribution in [0.3, 0.4) is 0 Å². The maximum atomic E-state index is 12.6. The van der Waals surface area contributed by atoms with Crippen LogP contribution in [0, 0.1) is 5.92 Å². The molecule has 1 aromatic heterocycles. The molecule has 0 bridgehead atoms. The van der Waals surface area contributed by atoms with Gasteiger partial charge in [0.15, 0.2) is 5.96 Å². The normalized spacial score (nSPS) is 13.3. The molecule has 1 atom stereocenters. The molecule has 1 heterocycles. The van der Waals surface area contributed by atoms with Crippen LogP contribution in [0.4, 0.5) is 13.2 Å². The molecule has 1 rings (SSSR count). The average molecular weight is 425 g/mol. The number of hydrogen-bond acceptors (Lipinski definition) is 4. The fourth-order valence-electron chi connectivity index (χ4n) is 2.48. The number of pyridine rings is 1. The quantitative estimate of drug-likeness (QED) is 0.288. The molecular formula is C18H28ClF3N4O2. The minimum atomic E-state index is -4.50. The van der Waals surface area contributed by atoms with E-state index in [1.165, 1.54) is 0 Å². The van der Waals surface area contributed by atoms with Gasteiger partial charge in [-0.25, -0.2) is 4.98 Å². The number of ether oxygens (including phenoxy) is 1. The Hall–Kier alpha value is -1.74. The van der Waals surface area contributed by atoms with Crippen molar-refractivity contribution in [2.45, 2.75) is 39.3 Å². The highest BCUT2D eigenvalue weighted by atomic mass is 35.5. The lowest BCUT2D eigenvalue weighted by Gasteiger charge is -2.15. The molecule has 0 aliphatic heterocycles. The first-order chi connectivity index (χ1) is 13.3. The maximum Gasteiger partial charge on any atom is 0.417 e. The van der Waals surface area contributed by atoms with E-state index in [2.05, 4.69) is 27.5 Å². The van der Waals surface area contributed by atoms with Crippen molar-refractivity contribution in [3.05, 3.63) is 22.8 Å². The van der Waals surface area contributed by atoms with E-state index >= 15 is 0 Å². The monoisotopic (exact) mass is 424 g/mol. The Labute approximate surface area is 168 Å². The molecule has 1 aromatic rings. The first-order valence-electron chi connectivity index (χ1n) is 9.30. The van der Waals surface area contributed by atoms with E-state index in [9.17, 15) is 13.2 Å². The van der Waals surface area contributed by atoms with Gasteiger partial charge in [0.25, 0.3) is 0 Å². The van der Waals surface area contributed by atoms with Crippen LogP contribution in [0.2, 0.25) is 5.02 Å². The topological polar surface area (TPSA) is 78.8 Å². The summed E-state index contributed by atoms with van der Waals surface area (Å²) in [6.45, 7) is 5.96. The fraction of sp³-hybridized carbons (Fsp3) is 0.667. The first-order valence-corrected chi connectivity index (χ1v) is 9.68. The lowest BCUT2D eigenvalue weighted by Crippen LogP contribution is -2.39. The van der Waals surface area contributed by atoms with Crippen LogP contribution in [0.5, 0.6) is 5.88 Å². The third kappa shape index (κ3) is 8.97. The second-order valence-corrected chi connectivity index (χ2v) is 6.58. The Balaban J connectivity index is 2.53. The van der Waals surface area contributed by atoms with Crippen molar-refractivity contribution in [3.63, 3.8) is 0 Å². The molecule has 0 aromatic carbocycles. The number of aliphatic hydroxyl groups is 1. The molecule has 0 saturated heterocycles. The number of aliphatic hydroxyl groups excluding tert-OH is 1. The summed E-state index contributed by atoms with van der Waals surface area (Å²) >= 11 is 5.81. The van der Waals surface area contributed by atoms with Crippen molar-refractivity contribution < 1.29 is 23.0 Å². The average Bonchev–Trinajstić information content (AvgIpc) is 2.63. The number of nitrogens with one attached hydrogen (secondary N) is 2. The zero-order valence-corrected chi connectivity index (χ0v) is 16.9. The molecule has 0 fully saturated rings. The minimum Gasteiger partial charge on any atom is -0.475 e. The van der Waals surface area contributed by atoms with Crippen molar-refractivity contribution in [2.24, 2.45) is 10.9 Å². The van der Waals surface area contributed by atoms with Crippen molar-refractivity contribution in [3.8, 4) is 5.88 Å². The zero-order chi connectivity index (χ0) is 21.0. The highest BCUT2D eigenvalue weighted by Gasteiger charge is 2.31. The van der Waals surface area contributed by atoms with Crippen LogP contribution in [0.1, 0.15) is 38.7 Å². The van der Waals surface area contributed by atoms with Gasteiger partial charge < -0.3 is 20.5 Å². The van der Waals surface area contributed by atoms with Crippen molar-refractivity contribution in [2.75, 3.05) is 32.8 Å². The maximum absolute atomic E-state index is 12.6. The molecule has 10 heteroatoms. The molecule has 6 nitrogen and oxygen atoms in total. The highest BCUT2D eigenvalue weighted by molar-refractivity contribution is 6.31. The third-order valence-electron chi connectivity index (χ3n) is 3.85. The van der Waals surface area contributed by atoms with Crippen molar-refractivity contribution >= 4 is 17.6 Å². The molecule has 0 saturated carbocycles. The predicted molar refractivity (Wildman–Crippen MR) is 104 cm³/mol. The van der Waals surface area contributed by atoms with E-state index in [0.717, 1.165) is 18.9 Å². The van der Waals surface area contributed by atoms with E-state index in [-0.39, 0.29) is 24.1 Å². The van der Waals surface area contributed by atoms with E-state index in [0.29, 0.717) is 44.1 Å². The molecular weight excluding hydrogens is 397 g/mol. The van der Waals surface area contributed by atoms with Gasteiger partial charge in [-0.05, 0) is 31.7 Å². The number of halogens is 4. The van der Waals surface area contributed by atoms with Crippen molar-refractivity contribution in [1.29, 1.82) is 0 Å². The fourth-order valence-corrected chi connectivity index (χ4v) is 2.70. The second-order valence-electron chi connectivity index (χ2n) is 6.17. The highest BCUT2D eigenvalue weighted by Crippen LogP contribution is 2.32. The standard InChI is InChI=1S/C18H28ClF3N4O2/c1-3-5-13(6-8-27)11-26-17(23-4-2)24-7-9-28-16-15(19)10-14(12-25-16)18(20,21)22/h10,12-13,27H,3-9,11H2,1-2H3,(H2,23,24,26). The summed E-state index contributed by atoms with van der Waals surface area (Å²) in [6.07, 6.45) is -1.09. The number of rotatable bonds is 11. The molecule has 160 valence electrons. The molecule has 0 aliphatic carbocycles. The number of nitrogens with zero attached hydrogens (tertiary/aromatic N) is 2. The number of alkyl halides is 3. The largest absolute Gasteiger partial charge is 0.475 e. The molecule has 0 amide bonds. The van der Waals surface area contributed by atoms with Gasteiger partial charge in [0.1, 0.15) is 11.6 Å². The Morgan fingerprint density at radius 3 is 2.64 bits per heavy atom. The lowest BCUT2D eigenvalue weighted by atomic mass is 10.0. The molecule has 28 heavy (non-hydrogen) atoms. The van der Waals surface area contributed by atoms with Gasteiger partial charge in [-0.2, -0.15) is 13.2 Å². The van der Waals surface area contributed by atoms with Gasteiger partial charge >= 0.3 is 6.18 Å². The zero-order valence-electron chi connectivity index (χ0n) is 16.2. The number of guanidine groups is 1. The van der Waals surface area contributed by atoms with Crippen LogP contribution in [-0.2, 0) is 6.18 Å². The molecule has 1 unspecified atom stereocenters. The lowest BCUT2D eigenvalue weighted by molar-refractivity contribution is -0.137. The van der Waals surface area contributed by atoms with Crippen LogP contribution in [-0.4, -0.2) is 48.9 Å². The van der Waals surface area contributed by atoms with Crippen LogP contribution in [0.15, 0.2) is 17.3 Å². The van der Waals surface area contributed by atoms with E-state index in [1.807, 2.05) is 6.92 Å². The second kappa shape index (κ2) is 12.7. The smallest absolute Gasteiger partial charge is 0.417 e. The predicted octanol–water partition coefficient (Wildman–Crippen LogP) is 3.49. The van der Waals surface area contributed by atoms with Gasteiger partial charge in [-0.1, -0.05) is 24.9 Å². The first kappa shape index (κ1) is 24.3. The van der Waals surface area contributed by atoms with Gasteiger partial charge in [0.2, 0.25) is 5.88 Å². The van der Waals surface area contributed by atoms with Gasteiger partial charge in [0, 0.05) is 25.9 Å². The van der Waals surface area contributed by atoms with Crippen LogP contribution >= 0.6 is 11.6 Å². The summed E-state index contributed by atoms with van der Waals surface area (Å²) in [7, 11) is 0. The Kier molecular flexibility index (Phi) is 11.0. The van der Waals surface area contributed by atoms with Crippen LogP contribution in [0.25, 0.3) is 0 Å². The molecule has 0 radical (unpaired) electrons. The molecule has 0 aliphatic rings. The summed E-state index contributed by atoms with van der Waals surface area (Å²) in [4.78, 5) is 8.14. The minimum absolute atomic E-state index is 0.0515. The SMILES string of the molecule is CCCC(CCO)CN=C(NCC)NCCOc1ncc(C(F)(F)F)cc1Cl. The van der Waals surface area contributed by atoms with Crippen LogP contribution < -0.4 is 15.4 Å². The van der Waals surface area contributed by atoms with Crippen molar-refractivity contribution in [1.82, 2.24) is 15.6 Å². The summed E-state index contributed by atoms with van der Waals surface area (Å²) in [5.74, 6) is 0.873. The van der Waals surface area contributed by atoms with Gasteiger partial charge in [0.05, 0.1) is 12.1 Å². The summed E-state index contributed by atoms with van der Waals surface area (Å²) < 4.78 is 43.2.